The van der Waals surface area contributed by atoms with Crippen LogP contribution in [0.2, 0.25) is 0 Å². The Kier molecular flexibility index (Phi) is 4.06. The summed E-state index contributed by atoms with van der Waals surface area (Å²) >= 11 is 6.21. The van der Waals surface area contributed by atoms with E-state index in [0.29, 0.717) is 29.4 Å². The van der Waals surface area contributed by atoms with Gasteiger partial charge in [0.15, 0.2) is 0 Å². The molecule has 1 saturated heterocycles. The summed E-state index contributed by atoms with van der Waals surface area (Å²) in [5.41, 5.74) is 0. The Morgan fingerprint density at radius 1 is 1.00 bits per heavy atom. The zero-order valence-corrected chi connectivity index (χ0v) is 9.84. The topological polar surface area (TPSA) is 9.23 Å². The van der Waals surface area contributed by atoms with Gasteiger partial charge in [-0.1, -0.05) is 27.7 Å². The minimum atomic E-state index is 0.313. The molecule has 0 saturated carbocycles. The molecule has 1 fully saturated rings. The van der Waals surface area contributed by atoms with E-state index in [1.54, 1.807) is 0 Å². The second kappa shape index (κ2) is 4.65. The third-order valence-corrected chi connectivity index (χ3v) is 3.17. The maximum absolute atomic E-state index is 6.21. The smallest absolute Gasteiger partial charge is 0.0616 e. The van der Waals surface area contributed by atoms with E-state index in [1.165, 1.54) is 0 Å². The normalized spacial score (nSPS) is 35.8. The van der Waals surface area contributed by atoms with Gasteiger partial charge in [-0.25, -0.2) is 0 Å². The highest BCUT2D eigenvalue weighted by molar-refractivity contribution is 6.20. The minimum absolute atomic E-state index is 0.313. The van der Waals surface area contributed by atoms with Crippen LogP contribution >= 0.6 is 11.6 Å². The van der Waals surface area contributed by atoms with Gasteiger partial charge in [0.2, 0.25) is 0 Å². The van der Waals surface area contributed by atoms with Gasteiger partial charge in [-0.2, -0.15) is 0 Å². The van der Waals surface area contributed by atoms with Gasteiger partial charge in [-0.3, -0.25) is 0 Å². The van der Waals surface area contributed by atoms with Crippen molar-refractivity contribution in [3.05, 3.63) is 0 Å². The standard InChI is InChI=1S/C11H21ClO/c1-7(2)10-5-9(12)6-11(13-10)8(3)4/h7-11H,5-6H2,1-4H3/t9?,10-,11+. The zero-order chi connectivity index (χ0) is 10.0. The lowest BCUT2D eigenvalue weighted by molar-refractivity contribution is -0.0876. The minimum Gasteiger partial charge on any atom is -0.374 e. The van der Waals surface area contributed by atoms with Crippen molar-refractivity contribution < 1.29 is 4.74 Å². The van der Waals surface area contributed by atoms with Gasteiger partial charge in [0.1, 0.15) is 0 Å². The summed E-state index contributed by atoms with van der Waals surface area (Å²) in [5.74, 6) is 1.17. The average molecular weight is 205 g/mol. The first-order chi connectivity index (χ1) is 6.00. The fraction of sp³-hybridized carbons (Fsp3) is 1.00. The molecule has 0 bridgehead atoms. The highest BCUT2D eigenvalue weighted by atomic mass is 35.5. The Labute approximate surface area is 86.8 Å². The molecule has 1 heterocycles. The Balaban J connectivity index is 2.52. The lowest BCUT2D eigenvalue weighted by Crippen LogP contribution is -2.38. The molecule has 1 aliphatic heterocycles. The molecule has 1 rings (SSSR count). The number of hydrogen-bond donors (Lipinski definition) is 0. The van der Waals surface area contributed by atoms with Crippen molar-refractivity contribution in [2.75, 3.05) is 0 Å². The monoisotopic (exact) mass is 204 g/mol. The van der Waals surface area contributed by atoms with Crippen molar-refractivity contribution in [3.63, 3.8) is 0 Å². The van der Waals surface area contributed by atoms with Gasteiger partial charge in [0.25, 0.3) is 0 Å². The van der Waals surface area contributed by atoms with E-state index in [0.717, 1.165) is 12.8 Å². The summed E-state index contributed by atoms with van der Waals surface area (Å²) in [6.07, 6.45) is 2.76. The molecule has 1 aliphatic rings. The van der Waals surface area contributed by atoms with Crippen molar-refractivity contribution in [2.45, 2.75) is 58.1 Å². The SMILES string of the molecule is CC(C)[C@@H]1CC(Cl)C[C@H](C(C)C)O1. The van der Waals surface area contributed by atoms with E-state index in [2.05, 4.69) is 27.7 Å². The third kappa shape index (κ3) is 3.14. The summed E-state index contributed by atoms with van der Waals surface area (Å²) in [5, 5.41) is 0.313. The maximum atomic E-state index is 6.21. The molecule has 13 heavy (non-hydrogen) atoms. The van der Waals surface area contributed by atoms with Gasteiger partial charge in [-0.15, -0.1) is 11.6 Å². The van der Waals surface area contributed by atoms with E-state index in [4.69, 9.17) is 16.3 Å². The Morgan fingerprint density at radius 3 is 1.69 bits per heavy atom. The number of rotatable bonds is 2. The van der Waals surface area contributed by atoms with Crippen molar-refractivity contribution >= 4 is 11.6 Å². The Morgan fingerprint density at radius 2 is 1.38 bits per heavy atom. The molecule has 0 aliphatic carbocycles. The van der Waals surface area contributed by atoms with Crippen molar-refractivity contribution in [1.82, 2.24) is 0 Å². The van der Waals surface area contributed by atoms with Crippen LogP contribution in [0.25, 0.3) is 0 Å². The van der Waals surface area contributed by atoms with E-state index in [-0.39, 0.29) is 0 Å². The first-order valence-corrected chi connectivity index (χ1v) is 5.74. The van der Waals surface area contributed by atoms with Crippen LogP contribution in [-0.2, 0) is 4.74 Å². The molecular weight excluding hydrogens is 184 g/mol. The molecule has 0 N–H and O–H groups in total. The van der Waals surface area contributed by atoms with Gasteiger partial charge in [-0.05, 0) is 24.7 Å². The highest BCUT2D eigenvalue weighted by Gasteiger charge is 2.31. The first-order valence-electron chi connectivity index (χ1n) is 5.30. The Hall–Kier alpha value is 0.250. The average Bonchev–Trinajstić information content (AvgIpc) is 2.03. The molecule has 3 atom stereocenters. The third-order valence-electron chi connectivity index (χ3n) is 2.81. The maximum Gasteiger partial charge on any atom is 0.0616 e. The van der Waals surface area contributed by atoms with Gasteiger partial charge in [0.05, 0.1) is 12.2 Å². The van der Waals surface area contributed by atoms with Crippen LogP contribution in [0.1, 0.15) is 40.5 Å². The molecule has 0 aromatic rings. The van der Waals surface area contributed by atoms with Crippen LogP contribution < -0.4 is 0 Å². The van der Waals surface area contributed by atoms with Crippen LogP contribution in [0.15, 0.2) is 0 Å². The Bertz CT molecular complexity index is 140. The van der Waals surface area contributed by atoms with Crippen molar-refractivity contribution in [3.8, 4) is 0 Å². The summed E-state index contributed by atoms with van der Waals surface area (Å²) < 4.78 is 6.00. The highest BCUT2D eigenvalue weighted by Crippen LogP contribution is 2.30. The van der Waals surface area contributed by atoms with Crippen LogP contribution in [0, 0.1) is 11.8 Å². The fourth-order valence-electron chi connectivity index (χ4n) is 1.79. The molecule has 0 amide bonds. The quantitative estimate of drug-likeness (QED) is 0.627. The summed E-state index contributed by atoms with van der Waals surface area (Å²) in [4.78, 5) is 0. The summed E-state index contributed by atoms with van der Waals surface area (Å²) in [6.45, 7) is 8.82. The van der Waals surface area contributed by atoms with Crippen LogP contribution in [0.4, 0.5) is 0 Å². The van der Waals surface area contributed by atoms with E-state index >= 15 is 0 Å². The predicted molar refractivity (Wildman–Crippen MR) is 57.2 cm³/mol. The molecule has 1 unspecified atom stereocenters. The summed E-state index contributed by atoms with van der Waals surface area (Å²) in [6, 6.07) is 0. The van der Waals surface area contributed by atoms with Gasteiger partial charge < -0.3 is 4.74 Å². The van der Waals surface area contributed by atoms with E-state index < -0.39 is 0 Å². The molecular formula is C11H21ClO. The molecule has 0 aromatic carbocycles. The zero-order valence-electron chi connectivity index (χ0n) is 9.09. The second-order valence-electron chi connectivity index (χ2n) is 4.77. The fourth-order valence-corrected chi connectivity index (χ4v) is 2.15. The number of alkyl halides is 1. The number of halogens is 1. The molecule has 0 spiro atoms. The summed E-state index contributed by atoms with van der Waals surface area (Å²) in [7, 11) is 0. The van der Waals surface area contributed by atoms with Gasteiger partial charge in [0, 0.05) is 5.38 Å². The number of hydrogen-bond acceptors (Lipinski definition) is 1. The number of ether oxygens (including phenoxy) is 1. The van der Waals surface area contributed by atoms with Crippen LogP contribution in [0.5, 0.6) is 0 Å². The van der Waals surface area contributed by atoms with Gasteiger partial charge >= 0.3 is 0 Å². The van der Waals surface area contributed by atoms with Crippen molar-refractivity contribution in [1.29, 1.82) is 0 Å². The van der Waals surface area contributed by atoms with E-state index in [9.17, 15) is 0 Å². The molecule has 0 radical (unpaired) electrons. The first kappa shape index (κ1) is 11.3. The molecule has 2 heteroatoms. The molecule has 78 valence electrons. The van der Waals surface area contributed by atoms with Crippen molar-refractivity contribution in [2.24, 2.45) is 11.8 Å². The lowest BCUT2D eigenvalue weighted by Gasteiger charge is -2.37. The molecule has 0 aromatic heterocycles. The largest absolute Gasteiger partial charge is 0.374 e. The van der Waals surface area contributed by atoms with Crippen LogP contribution in [-0.4, -0.2) is 17.6 Å². The lowest BCUT2D eigenvalue weighted by atomic mass is 9.92. The second-order valence-corrected chi connectivity index (χ2v) is 5.39. The van der Waals surface area contributed by atoms with Crippen LogP contribution in [0.3, 0.4) is 0 Å². The molecule has 1 nitrogen and oxygen atoms in total. The predicted octanol–water partition coefficient (Wildman–Crippen LogP) is 3.45. The van der Waals surface area contributed by atoms with E-state index in [1.807, 2.05) is 0 Å².